The van der Waals surface area contributed by atoms with Gasteiger partial charge in [-0.1, -0.05) is 33.3 Å². The number of hydrogen-bond acceptors (Lipinski definition) is 3. The summed E-state index contributed by atoms with van der Waals surface area (Å²) in [4.78, 5) is 4.17. The summed E-state index contributed by atoms with van der Waals surface area (Å²) in [7, 11) is 1.90. The van der Waals surface area contributed by atoms with Crippen molar-refractivity contribution in [2.24, 2.45) is 0 Å². The van der Waals surface area contributed by atoms with Gasteiger partial charge in [0, 0.05) is 20.2 Å². The van der Waals surface area contributed by atoms with Crippen LogP contribution >= 0.6 is 24.0 Å². The van der Waals surface area contributed by atoms with E-state index in [1.54, 1.807) is 0 Å². The minimum Gasteiger partial charge on any atom is -0.476 e. The molecule has 0 aliphatic heterocycles. The van der Waals surface area contributed by atoms with Gasteiger partial charge in [0.1, 0.15) is 6.61 Å². The maximum absolute atomic E-state index is 5.37. The van der Waals surface area contributed by atoms with Gasteiger partial charge in [0.05, 0.1) is 0 Å². The minimum atomic E-state index is 0. The molecule has 17 heavy (non-hydrogen) atoms. The molecule has 4 heteroatoms. The van der Waals surface area contributed by atoms with Gasteiger partial charge in [0.15, 0.2) is 0 Å². The largest absolute Gasteiger partial charge is 0.476 e. The molecule has 0 spiro atoms. The van der Waals surface area contributed by atoms with Gasteiger partial charge in [0.2, 0.25) is 5.88 Å². The van der Waals surface area contributed by atoms with E-state index in [-0.39, 0.29) is 25.4 Å². The normalized spacial score (nSPS) is 8.71. The smallest absolute Gasteiger partial charge is 0.213 e. The maximum atomic E-state index is 5.37. The van der Waals surface area contributed by atoms with Gasteiger partial charge in [-0.25, -0.2) is 4.98 Å². The molecule has 0 fully saturated rings. The van der Waals surface area contributed by atoms with Crippen LogP contribution in [-0.4, -0.2) is 25.2 Å². The van der Waals surface area contributed by atoms with Crippen LogP contribution in [0.4, 0.5) is 0 Å². The van der Waals surface area contributed by atoms with Gasteiger partial charge in [0.25, 0.3) is 0 Å². The first-order chi connectivity index (χ1) is 7.78. The number of aromatic nitrogens is 1. The van der Waals surface area contributed by atoms with Gasteiger partial charge in [-0.15, -0.1) is 24.0 Å². The van der Waals surface area contributed by atoms with Crippen molar-refractivity contribution < 1.29 is 6.16 Å². The Balaban J connectivity index is -0.000000410. The van der Waals surface area contributed by atoms with Crippen LogP contribution in [0.1, 0.15) is 34.2 Å². The molecule has 3 nitrogen and oxygen atoms in total. The summed E-state index contributed by atoms with van der Waals surface area (Å²) < 4.78 is 5.37. The highest BCUT2D eigenvalue weighted by Gasteiger charge is 1.94. The van der Waals surface area contributed by atoms with E-state index in [2.05, 4.69) is 31.1 Å². The zero-order valence-corrected chi connectivity index (χ0v) is 13.7. The molecule has 0 aromatic carbocycles. The van der Waals surface area contributed by atoms with E-state index >= 15 is 0 Å². The number of pyridine rings is 1. The fourth-order valence-electron chi connectivity index (χ4n) is 0.963. The Hall–Kier alpha value is -0.360. The predicted octanol–water partition coefficient (Wildman–Crippen LogP) is 3.52. The van der Waals surface area contributed by atoms with Crippen LogP contribution < -0.4 is 10.1 Å². The van der Waals surface area contributed by atoms with Crippen molar-refractivity contribution in [2.45, 2.75) is 33.6 Å². The van der Waals surface area contributed by atoms with Gasteiger partial charge in [-0.2, -0.15) is 0 Å². The molecule has 1 aromatic heterocycles. The predicted molar refractivity (Wildman–Crippen MR) is 86.5 cm³/mol. The molecule has 1 aromatic rings. The third kappa shape index (κ3) is 10.5. The van der Waals surface area contributed by atoms with Gasteiger partial charge in [-0.05, 0) is 19.0 Å². The van der Waals surface area contributed by atoms with Crippen molar-refractivity contribution in [3.8, 4) is 5.88 Å². The molecule has 0 aliphatic carbocycles. The number of likely N-dealkylation sites (N-methyl/N-ethyl adjacent to an activating group) is 1. The van der Waals surface area contributed by atoms with Crippen LogP contribution in [-0.2, 0) is 6.42 Å². The van der Waals surface area contributed by atoms with Crippen molar-refractivity contribution in [3.05, 3.63) is 23.9 Å². The summed E-state index contributed by atoms with van der Waals surface area (Å²) in [5.41, 5.74) is 1.24. The van der Waals surface area contributed by atoms with E-state index in [4.69, 9.17) is 4.74 Å². The van der Waals surface area contributed by atoms with Crippen LogP contribution in [0.25, 0.3) is 0 Å². The highest BCUT2D eigenvalue weighted by atomic mass is 127. The zero-order chi connectivity index (χ0) is 12.2. The molecule has 102 valence electrons. The molecule has 0 unspecified atom stereocenters. The maximum Gasteiger partial charge on any atom is 0.213 e. The first-order valence-corrected chi connectivity index (χ1v) is 6.00. The zero-order valence-electron chi connectivity index (χ0n) is 11.3. The molecular formula is C13H27IN2O. The fraction of sp³-hybridized carbons (Fsp3) is 0.615. The standard InChI is InChI=1S/C10H16N2O.C3H8.HI.H2/c1-3-9-4-5-10(12-8-9)13-7-6-11-2;1-3-2;;/h4-5,8,11H,3,6-7H2,1-2H3;3H2,1-2H3;2*1H. The lowest BCUT2D eigenvalue weighted by atomic mass is 10.2. The highest BCUT2D eigenvalue weighted by Crippen LogP contribution is 2.07. The Labute approximate surface area is 124 Å². The molecule has 1 N–H and O–H groups in total. The van der Waals surface area contributed by atoms with Crippen LogP contribution in [0.15, 0.2) is 18.3 Å². The third-order valence-corrected chi connectivity index (χ3v) is 1.81. The summed E-state index contributed by atoms with van der Waals surface area (Å²) >= 11 is 0. The van der Waals surface area contributed by atoms with Gasteiger partial charge >= 0.3 is 0 Å². The minimum absolute atomic E-state index is 0. The molecule has 0 radical (unpaired) electrons. The fourth-order valence-corrected chi connectivity index (χ4v) is 0.963. The Bertz CT molecular complexity index is 258. The Kier molecular flexibility index (Phi) is 15.3. The Morgan fingerprint density at radius 1 is 1.29 bits per heavy atom. The molecular weight excluding hydrogens is 327 g/mol. The van der Waals surface area contributed by atoms with E-state index in [0.29, 0.717) is 12.5 Å². The number of nitrogens with zero attached hydrogens (tertiary/aromatic N) is 1. The lowest BCUT2D eigenvalue weighted by Gasteiger charge is -2.04. The summed E-state index contributed by atoms with van der Waals surface area (Å²) in [6, 6.07) is 3.95. The topological polar surface area (TPSA) is 34.1 Å². The monoisotopic (exact) mass is 354 g/mol. The van der Waals surface area contributed by atoms with Crippen molar-refractivity contribution in [2.75, 3.05) is 20.2 Å². The molecule has 1 rings (SSSR count). The molecule has 0 atom stereocenters. The summed E-state index contributed by atoms with van der Waals surface area (Å²) in [5.74, 6) is 0.701. The lowest BCUT2D eigenvalue weighted by molar-refractivity contribution is 0.306. The lowest BCUT2D eigenvalue weighted by Crippen LogP contribution is -2.16. The van der Waals surface area contributed by atoms with Crippen LogP contribution in [0.2, 0.25) is 0 Å². The molecule has 0 saturated heterocycles. The van der Waals surface area contributed by atoms with E-state index in [1.807, 2.05) is 25.4 Å². The van der Waals surface area contributed by atoms with E-state index < -0.39 is 0 Å². The number of ether oxygens (including phenoxy) is 1. The Morgan fingerprint density at radius 2 is 1.94 bits per heavy atom. The molecule has 0 amide bonds. The average Bonchev–Trinajstić information content (AvgIpc) is 2.31. The number of rotatable bonds is 5. The van der Waals surface area contributed by atoms with Crippen LogP contribution in [0.3, 0.4) is 0 Å². The van der Waals surface area contributed by atoms with Gasteiger partial charge in [-0.3, -0.25) is 0 Å². The number of aryl methyl sites for hydroxylation is 1. The molecule has 1 heterocycles. The van der Waals surface area contributed by atoms with E-state index in [1.165, 1.54) is 12.0 Å². The number of halogens is 1. The number of hydrogen-bond donors (Lipinski definition) is 1. The first kappa shape index (κ1) is 19.0. The molecule has 0 bridgehead atoms. The van der Waals surface area contributed by atoms with Crippen molar-refractivity contribution in [1.82, 2.24) is 10.3 Å². The van der Waals surface area contributed by atoms with Crippen molar-refractivity contribution in [3.63, 3.8) is 0 Å². The second-order valence-electron chi connectivity index (χ2n) is 3.52. The quantitative estimate of drug-likeness (QED) is 0.649. The molecule has 0 saturated carbocycles. The van der Waals surface area contributed by atoms with Crippen LogP contribution in [0, 0.1) is 0 Å². The first-order valence-electron chi connectivity index (χ1n) is 6.00. The Morgan fingerprint density at radius 3 is 2.35 bits per heavy atom. The average molecular weight is 354 g/mol. The summed E-state index contributed by atoms with van der Waals surface area (Å²) in [6.45, 7) is 7.87. The number of nitrogens with one attached hydrogen (secondary N) is 1. The SMILES string of the molecule is CCC.CCc1ccc(OCCNC)nc1.I.[HH]. The second-order valence-corrected chi connectivity index (χ2v) is 3.52. The van der Waals surface area contributed by atoms with Crippen molar-refractivity contribution >= 4 is 24.0 Å². The molecule has 0 aliphatic rings. The highest BCUT2D eigenvalue weighted by molar-refractivity contribution is 14.0. The van der Waals surface area contributed by atoms with Crippen LogP contribution in [0.5, 0.6) is 5.88 Å². The summed E-state index contributed by atoms with van der Waals surface area (Å²) in [6.07, 6.45) is 4.12. The van der Waals surface area contributed by atoms with E-state index in [0.717, 1.165) is 13.0 Å². The van der Waals surface area contributed by atoms with E-state index in [9.17, 15) is 0 Å². The third-order valence-electron chi connectivity index (χ3n) is 1.81. The van der Waals surface area contributed by atoms with Crippen molar-refractivity contribution in [1.29, 1.82) is 0 Å². The second kappa shape index (κ2) is 13.7. The summed E-state index contributed by atoms with van der Waals surface area (Å²) in [5, 5.41) is 3.01. The van der Waals surface area contributed by atoms with Gasteiger partial charge < -0.3 is 10.1 Å².